The van der Waals surface area contributed by atoms with Gasteiger partial charge in [0.05, 0.1) is 11.8 Å². The quantitative estimate of drug-likeness (QED) is 0.930. The zero-order valence-corrected chi connectivity index (χ0v) is 11.4. The Bertz CT molecular complexity index is 433. The zero-order chi connectivity index (χ0) is 13.2. The first-order valence-electron chi connectivity index (χ1n) is 5.00. The molecule has 0 atom stereocenters. The smallest absolute Gasteiger partial charge is 0.323 e. The van der Waals surface area contributed by atoms with Crippen LogP contribution in [0.15, 0.2) is 21.4 Å². The van der Waals surface area contributed by atoms with Crippen molar-refractivity contribution >= 4 is 27.8 Å². The number of aliphatic carboxylic acids is 1. The van der Waals surface area contributed by atoms with Gasteiger partial charge in [0.1, 0.15) is 6.54 Å². The molecule has 1 aromatic rings. The summed E-state index contributed by atoms with van der Waals surface area (Å²) in [4.78, 5) is 24.3. The Morgan fingerprint density at radius 3 is 2.41 bits per heavy atom. The van der Waals surface area contributed by atoms with Crippen molar-refractivity contribution in [2.24, 2.45) is 0 Å². The summed E-state index contributed by atoms with van der Waals surface area (Å²) in [5.74, 6) is -1.42. The van der Waals surface area contributed by atoms with Crippen LogP contribution in [-0.4, -0.2) is 34.0 Å². The number of nitrogens with zero attached hydrogens (tertiary/aromatic N) is 1. The van der Waals surface area contributed by atoms with Crippen LogP contribution in [0.3, 0.4) is 0 Å². The van der Waals surface area contributed by atoms with E-state index in [2.05, 4.69) is 15.9 Å². The first-order valence-corrected chi connectivity index (χ1v) is 5.79. The van der Waals surface area contributed by atoms with Crippen LogP contribution in [0.1, 0.15) is 31.1 Å². The molecule has 94 valence electrons. The zero-order valence-electron chi connectivity index (χ0n) is 9.86. The molecule has 6 heteroatoms. The van der Waals surface area contributed by atoms with Crippen LogP contribution >= 0.6 is 15.9 Å². The first-order chi connectivity index (χ1) is 7.73. The number of amides is 1. The Hall–Kier alpha value is -1.30. The van der Waals surface area contributed by atoms with Gasteiger partial charge in [0.15, 0.2) is 4.67 Å². The van der Waals surface area contributed by atoms with Crippen molar-refractivity contribution in [2.75, 3.05) is 6.54 Å². The van der Waals surface area contributed by atoms with Crippen LogP contribution in [-0.2, 0) is 4.79 Å². The molecule has 0 saturated carbocycles. The Morgan fingerprint density at radius 2 is 2.06 bits per heavy atom. The van der Waals surface area contributed by atoms with Crippen molar-refractivity contribution in [3.63, 3.8) is 0 Å². The van der Waals surface area contributed by atoms with Crippen LogP contribution in [0.25, 0.3) is 0 Å². The third-order valence-corrected chi connectivity index (χ3v) is 2.81. The number of furan rings is 1. The summed E-state index contributed by atoms with van der Waals surface area (Å²) < 4.78 is 5.28. The molecule has 0 aliphatic rings. The molecule has 5 nitrogen and oxygen atoms in total. The van der Waals surface area contributed by atoms with E-state index in [9.17, 15) is 9.59 Å². The van der Waals surface area contributed by atoms with Gasteiger partial charge in [-0.1, -0.05) is 0 Å². The summed E-state index contributed by atoms with van der Waals surface area (Å²) in [6.45, 7) is 4.99. The fraction of sp³-hybridized carbons (Fsp3) is 0.455. The van der Waals surface area contributed by atoms with Crippen molar-refractivity contribution < 1.29 is 19.1 Å². The number of carbonyl (C=O) groups excluding carboxylic acids is 1. The second-order valence-corrected chi connectivity index (χ2v) is 5.28. The van der Waals surface area contributed by atoms with Crippen LogP contribution < -0.4 is 0 Å². The van der Waals surface area contributed by atoms with Crippen molar-refractivity contribution in [1.82, 2.24) is 4.90 Å². The second kappa shape index (κ2) is 4.91. The van der Waals surface area contributed by atoms with Gasteiger partial charge in [0, 0.05) is 5.54 Å². The van der Waals surface area contributed by atoms with Gasteiger partial charge in [-0.15, -0.1) is 0 Å². The maximum Gasteiger partial charge on any atom is 0.323 e. The van der Waals surface area contributed by atoms with E-state index in [0.29, 0.717) is 10.2 Å². The topological polar surface area (TPSA) is 70.8 Å². The average Bonchev–Trinajstić information content (AvgIpc) is 2.58. The number of carboxylic acid groups (broad SMARTS) is 1. The van der Waals surface area contributed by atoms with E-state index < -0.39 is 11.5 Å². The van der Waals surface area contributed by atoms with E-state index in [1.807, 2.05) is 0 Å². The molecule has 0 bridgehead atoms. The third-order valence-electron chi connectivity index (χ3n) is 2.20. The van der Waals surface area contributed by atoms with E-state index in [4.69, 9.17) is 9.52 Å². The Labute approximate surface area is 108 Å². The number of carbonyl (C=O) groups is 2. The Kier molecular flexibility index (Phi) is 3.98. The first kappa shape index (κ1) is 13.8. The lowest BCUT2D eigenvalue weighted by atomic mass is 10.0. The number of hydrogen-bond acceptors (Lipinski definition) is 3. The summed E-state index contributed by atoms with van der Waals surface area (Å²) in [6, 6.07) is 1.51. The van der Waals surface area contributed by atoms with Crippen molar-refractivity contribution in [3.8, 4) is 0 Å². The molecular weight excluding hydrogens is 290 g/mol. The molecule has 0 aliphatic heterocycles. The Balaban J connectivity index is 3.04. The van der Waals surface area contributed by atoms with Gasteiger partial charge in [-0.05, 0) is 42.8 Å². The summed E-state index contributed by atoms with van der Waals surface area (Å²) in [5, 5.41) is 8.83. The minimum atomic E-state index is -1.05. The highest BCUT2D eigenvalue weighted by molar-refractivity contribution is 9.10. The molecule has 1 amide bonds. The maximum atomic E-state index is 12.2. The van der Waals surface area contributed by atoms with Crippen LogP contribution in [0, 0.1) is 0 Å². The third kappa shape index (κ3) is 3.33. The number of halogens is 1. The van der Waals surface area contributed by atoms with Gasteiger partial charge in [0.2, 0.25) is 0 Å². The molecule has 1 rings (SSSR count). The molecule has 0 saturated heterocycles. The van der Waals surface area contributed by atoms with Gasteiger partial charge >= 0.3 is 5.97 Å². The molecule has 1 heterocycles. The van der Waals surface area contributed by atoms with Crippen LogP contribution in [0.5, 0.6) is 0 Å². The SMILES string of the molecule is CC(C)(C)N(CC(=O)O)C(=O)c1ccoc1Br. The lowest BCUT2D eigenvalue weighted by molar-refractivity contribution is -0.138. The van der Waals surface area contributed by atoms with E-state index in [1.165, 1.54) is 17.2 Å². The summed E-state index contributed by atoms with van der Waals surface area (Å²) in [6.07, 6.45) is 1.37. The fourth-order valence-electron chi connectivity index (χ4n) is 1.34. The predicted molar refractivity (Wildman–Crippen MR) is 64.8 cm³/mol. The summed E-state index contributed by atoms with van der Waals surface area (Å²) >= 11 is 3.11. The largest absolute Gasteiger partial charge is 0.480 e. The lowest BCUT2D eigenvalue weighted by Crippen LogP contribution is -2.48. The molecule has 17 heavy (non-hydrogen) atoms. The monoisotopic (exact) mass is 303 g/mol. The molecule has 0 radical (unpaired) electrons. The van der Waals surface area contributed by atoms with Crippen molar-refractivity contribution in [1.29, 1.82) is 0 Å². The number of hydrogen-bond donors (Lipinski definition) is 1. The minimum absolute atomic E-state index is 0.308. The lowest BCUT2D eigenvalue weighted by Gasteiger charge is -2.34. The standard InChI is InChI=1S/C11H14BrNO4/c1-11(2,3)13(6-8(14)15)10(16)7-4-5-17-9(7)12/h4-5H,6H2,1-3H3,(H,14,15). The van der Waals surface area contributed by atoms with Gasteiger partial charge in [-0.25, -0.2) is 0 Å². The van der Waals surface area contributed by atoms with E-state index >= 15 is 0 Å². The van der Waals surface area contributed by atoms with Crippen LogP contribution in [0.2, 0.25) is 0 Å². The molecule has 1 aromatic heterocycles. The minimum Gasteiger partial charge on any atom is -0.480 e. The van der Waals surface area contributed by atoms with Gasteiger partial charge in [-0.3, -0.25) is 9.59 Å². The van der Waals surface area contributed by atoms with Crippen LogP contribution in [0.4, 0.5) is 0 Å². The van der Waals surface area contributed by atoms with Gasteiger partial charge in [0.25, 0.3) is 5.91 Å². The average molecular weight is 304 g/mol. The van der Waals surface area contributed by atoms with Crippen molar-refractivity contribution in [3.05, 3.63) is 22.6 Å². The highest BCUT2D eigenvalue weighted by atomic mass is 79.9. The highest BCUT2D eigenvalue weighted by Gasteiger charge is 2.30. The molecule has 0 aliphatic carbocycles. The maximum absolute atomic E-state index is 12.2. The highest BCUT2D eigenvalue weighted by Crippen LogP contribution is 2.23. The predicted octanol–water partition coefficient (Wildman–Crippen LogP) is 2.37. The molecule has 0 aromatic carbocycles. The number of carboxylic acids is 1. The molecule has 1 N–H and O–H groups in total. The van der Waals surface area contributed by atoms with Gasteiger partial charge in [-0.2, -0.15) is 0 Å². The molecule has 0 unspecified atom stereocenters. The fourth-order valence-corrected chi connectivity index (χ4v) is 1.75. The second-order valence-electron chi connectivity index (χ2n) is 4.56. The summed E-state index contributed by atoms with van der Waals surface area (Å²) in [5.41, 5.74) is -0.257. The van der Waals surface area contributed by atoms with Crippen molar-refractivity contribution in [2.45, 2.75) is 26.3 Å². The summed E-state index contributed by atoms with van der Waals surface area (Å²) in [7, 11) is 0. The molecular formula is C11H14BrNO4. The Morgan fingerprint density at radius 1 is 1.47 bits per heavy atom. The van der Waals surface area contributed by atoms with Gasteiger partial charge < -0.3 is 14.4 Å². The normalized spacial score (nSPS) is 11.3. The van der Waals surface area contributed by atoms with E-state index in [-0.39, 0.29) is 12.5 Å². The molecule has 0 spiro atoms. The van der Waals surface area contributed by atoms with E-state index in [0.717, 1.165) is 0 Å². The molecule has 0 fully saturated rings. The number of rotatable bonds is 3. The van der Waals surface area contributed by atoms with E-state index in [1.54, 1.807) is 20.8 Å².